The first-order chi connectivity index (χ1) is 6.69. The number of carbonyl (C=O) groups excluding carboxylic acids is 1. The Labute approximate surface area is 90.8 Å². The molecule has 0 aromatic heterocycles. The molecule has 0 N–H and O–H groups in total. The summed E-state index contributed by atoms with van der Waals surface area (Å²) in [5.74, 6) is 1.08. The molecule has 82 valence electrons. The second kappa shape index (κ2) is 5.49. The first-order valence-electron chi connectivity index (χ1n) is 5.34. The van der Waals surface area contributed by atoms with Crippen LogP contribution in [0.3, 0.4) is 0 Å². The number of thioether (sulfide) groups is 1. The average molecular weight is 216 g/mol. The Morgan fingerprint density at radius 2 is 2.14 bits per heavy atom. The van der Waals surface area contributed by atoms with E-state index in [0.29, 0.717) is 5.25 Å². The van der Waals surface area contributed by atoms with Crippen molar-refractivity contribution in [2.24, 2.45) is 0 Å². The topological polar surface area (TPSA) is 23.6 Å². The molecule has 0 saturated carbocycles. The molecular weight excluding hydrogens is 196 g/mol. The fourth-order valence-electron chi connectivity index (χ4n) is 1.69. The average Bonchev–Trinajstić information content (AvgIpc) is 2.19. The number of urea groups is 1. The molecule has 0 spiro atoms. The Morgan fingerprint density at radius 1 is 1.50 bits per heavy atom. The Kier molecular flexibility index (Phi) is 4.58. The van der Waals surface area contributed by atoms with Gasteiger partial charge in [-0.25, -0.2) is 4.79 Å². The highest BCUT2D eigenvalue weighted by Gasteiger charge is 2.23. The van der Waals surface area contributed by atoms with E-state index >= 15 is 0 Å². The molecule has 1 atom stereocenters. The van der Waals surface area contributed by atoms with Gasteiger partial charge in [-0.2, -0.15) is 11.8 Å². The number of hydrogen-bond acceptors (Lipinski definition) is 2. The lowest BCUT2D eigenvalue weighted by molar-refractivity contribution is 0.159. The van der Waals surface area contributed by atoms with Gasteiger partial charge in [-0.3, -0.25) is 0 Å². The van der Waals surface area contributed by atoms with E-state index in [1.165, 1.54) is 0 Å². The van der Waals surface area contributed by atoms with Gasteiger partial charge in [0, 0.05) is 37.2 Å². The van der Waals surface area contributed by atoms with E-state index in [4.69, 9.17) is 0 Å². The fourth-order valence-corrected chi connectivity index (χ4v) is 2.70. The molecule has 3 nitrogen and oxygen atoms in total. The van der Waals surface area contributed by atoms with E-state index in [2.05, 4.69) is 6.92 Å². The summed E-state index contributed by atoms with van der Waals surface area (Å²) < 4.78 is 0. The standard InChI is InChI=1S/C10H20N2OS/c1-4-11(5-2)10(13)12-6-7-14-9(3)8-12/h9H,4-8H2,1-3H3. The number of nitrogens with zero attached hydrogens (tertiary/aromatic N) is 2. The van der Waals surface area contributed by atoms with Gasteiger partial charge in [-0.15, -0.1) is 0 Å². The van der Waals surface area contributed by atoms with Crippen molar-refractivity contribution >= 4 is 17.8 Å². The molecule has 0 aromatic rings. The molecule has 0 radical (unpaired) electrons. The summed E-state index contributed by atoms with van der Waals surface area (Å²) in [5, 5.41) is 0.586. The molecule has 1 heterocycles. The van der Waals surface area contributed by atoms with Crippen molar-refractivity contribution in [1.82, 2.24) is 9.80 Å². The lowest BCUT2D eigenvalue weighted by Gasteiger charge is -2.34. The maximum atomic E-state index is 11.9. The van der Waals surface area contributed by atoms with Gasteiger partial charge in [0.15, 0.2) is 0 Å². The summed E-state index contributed by atoms with van der Waals surface area (Å²) >= 11 is 1.95. The molecule has 2 amide bonds. The minimum atomic E-state index is 0.210. The van der Waals surface area contributed by atoms with Crippen molar-refractivity contribution in [2.45, 2.75) is 26.0 Å². The van der Waals surface area contributed by atoms with Crippen molar-refractivity contribution < 1.29 is 4.79 Å². The van der Waals surface area contributed by atoms with E-state index in [9.17, 15) is 4.79 Å². The third-order valence-electron chi connectivity index (χ3n) is 2.55. The maximum Gasteiger partial charge on any atom is 0.320 e. The molecule has 1 rings (SSSR count). The van der Waals surface area contributed by atoms with E-state index in [0.717, 1.165) is 31.9 Å². The van der Waals surface area contributed by atoms with Crippen LogP contribution >= 0.6 is 11.8 Å². The summed E-state index contributed by atoms with van der Waals surface area (Å²) in [6.45, 7) is 9.68. The van der Waals surface area contributed by atoms with Crippen LogP contribution in [0.5, 0.6) is 0 Å². The molecule has 1 unspecified atom stereocenters. The van der Waals surface area contributed by atoms with Crippen LogP contribution in [0.25, 0.3) is 0 Å². The van der Waals surface area contributed by atoms with E-state index < -0.39 is 0 Å². The Morgan fingerprint density at radius 3 is 2.64 bits per heavy atom. The van der Waals surface area contributed by atoms with Crippen LogP contribution in [0.2, 0.25) is 0 Å². The molecule has 1 fully saturated rings. The first kappa shape index (κ1) is 11.7. The van der Waals surface area contributed by atoms with Crippen LogP contribution < -0.4 is 0 Å². The van der Waals surface area contributed by atoms with Crippen molar-refractivity contribution in [3.05, 3.63) is 0 Å². The largest absolute Gasteiger partial charge is 0.325 e. The lowest BCUT2D eigenvalue weighted by Crippen LogP contribution is -2.48. The highest BCUT2D eigenvalue weighted by Crippen LogP contribution is 2.18. The van der Waals surface area contributed by atoms with Gasteiger partial charge in [-0.05, 0) is 13.8 Å². The van der Waals surface area contributed by atoms with Crippen molar-refractivity contribution in [3.63, 3.8) is 0 Å². The molecule has 4 heteroatoms. The van der Waals surface area contributed by atoms with Gasteiger partial charge < -0.3 is 9.80 Å². The van der Waals surface area contributed by atoms with Gasteiger partial charge in [0.1, 0.15) is 0 Å². The van der Waals surface area contributed by atoms with Crippen molar-refractivity contribution in [3.8, 4) is 0 Å². The molecule has 1 aliphatic heterocycles. The zero-order chi connectivity index (χ0) is 10.6. The zero-order valence-corrected chi connectivity index (χ0v) is 10.1. The summed E-state index contributed by atoms with van der Waals surface area (Å²) in [6.07, 6.45) is 0. The Hall–Kier alpha value is -0.380. The normalized spacial score (nSPS) is 22.2. The van der Waals surface area contributed by atoms with Crippen LogP contribution in [0.15, 0.2) is 0 Å². The number of amides is 2. The molecule has 0 aromatic carbocycles. The number of carbonyl (C=O) groups is 1. The second-order valence-electron chi connectivity index (χ2n) is 3.58. The molecule has 0 bridgehead atoms. The van der Waals surface area contributed by atoms with Gasteiger partial charge in [0.2, 0.25) is 0 Å². The predicted molar refractivity (Wildman–Crippen MR) is 61.8 cm³/mol. The first-order valence-corrected chi connectivity index (χ1v) is 6.39. The molecule has 14 heavy (non-hydrogen) atoms. The summed E-state index contributed by atoms with van der Waals surface area (Å²) in [5.41, 5.74) is 0. The molecule has 1 aliphatic rings. The van der Waals surface area contributed by atoms with Crippen LogP contribution in [0, 0.1) is 0 Å². The van der Waals surface area contributed by atoms with Gasteiger partial charge in [0.05, 0.1) is 0 Å². The maximum absolute atomic E-state index is 11.9. The smallest absolute Gasteiger partial charge is 0.320 e. The highest BCUT2D eigenvalue weighted by atomic mass is 32.2. The fraction of sp³-hybridized carbons (Fsp3) is 0.900. The van der Waals surface area contributed by atoms with Crippen LogP contribution in [0.4, 0.5) is 4.79 Å². The van der Waals surface area contributed by atoms with Crippen molar-refractivity contribution in [1.29, 1.82) is 0 Å². The third-order valence-corrected chi connectivity index (χ3v) is 3.68. The van der Waals surface area contributed by atoms with Crippen LogP contribution in [0.1, 0.15) is 20.8 Å². The SMILES string of the molecule is CCN(CC)C(=O)N1CCSC(C)C1. The van der Waals surface area contributed by atoms with Crippen molar-refractivity contribution in [2.75, 3.05) is 31.9 Å². The minimum Gasteiger partial charge on any atom is -0.325 e. The Balaban J connectivity index is 2.50. The van der Waals surface area contributed by atoms with E-state index in [1.807, 2.05) is 35.4 Å². The molecule has 1 saturated heterocycles. The van der Waals surface area contributed by atoms with E-state index in [1.54, 1.807) is 0 Å². The third kappa shape index (κ3) is 2.80. The second-order valence-corrected chi connectivity index (χ2v) is 5.13. The number of hydrogen-bond donors (Lipinski definition) is 0. The van der Waals surface area contributed by atoms with Gasteiger partial charge in [0.25, 0.3) is 0 Å². The zero-order valence-electron chi connectivity index (χ0n) is 9.32. The summed E-state index contributed by atoms with van der Waals surface area (Å²) in [4.78, 5) is 15.8. The van der Waals surface area contributed by atoms with Gasteiger partial charge >= 0.3 is 6.03 Å². The molecule has 0 aliphatic carbocycles. The summed E-state index contributed by atoms with van der Waals surface area (Å²) in [6, 6.07) is 0.210. The van der Waals surface area contributed by atoms with Crippen LogP contribution in [-0.4, -0.2) is 53.0 Å². The predicted octanol–water partition coefficient (Wildman–Crippen LogP) is 1.89. The Bertz CT molecular complexity index is 195. The lowest BCUT2D eigenvalue weighted by atomic mass is 10.4. The quantitative estimate of drug-likeness (QED) is 0.703. The summed E-state index contributed by atoms with van der Waals surface area (Å²) in [7, 11) is 0. The number of rotatable bonds is 2. The van der Waals surface area contributed by atoms with Gasteiger partial charge in [-0.1, -0.05) is 6.92 Å². The monoisotopic (exact) mass is 216 g/mol. The molecular formula is C10H20N2OS. The minimum absolute atomic E-state index is 0.210. The highest BCUT2D eigenvalue weighted by molar-refractivity contribution is 7.99. The van der Waals surface area contributed by atoms with Crippen LogP contribution in [-0.2, 0) is 0 Å². The van der Waals surface area contributed by atoms with E-state index in [-0.39, 0.29) is 6.03 Å².